The Labute approximate surface area is 161 Å². The van der Waals surface area contributed by atoms with Crippen molar-refractivity contribution in [2.45, 2.75) is 59.0 Å². The number of aryl methyl sites for hydroxylation is 2. The summed E-state index contributed by atoms with van der Waals surface area (Å²) in [7, 11) is 0. The largest absolute Gasteiger partial charge is 0.399 e. The Hall–Kier alpha value is -2.41. The van der Waals surface area contributed by atoms with Gasteiger partial charge in [0.05, 0.1) is 0 Å². The van der Waals surface area contributed by atoms with Gasteiger partial charge in [0.2, 0.25) is 0 Å². The van der Waals surface area contributed by atoms with E-state index in [4.69, 9.17) is 5.73 Å². The van der Waals surface area contributed by atoms with Crippen LogP contribution >= 0.6 is 0 Å². The third-order valence-corrected chi connectivity index (χ3v) is 4.09. The van der Waals surface area contributed by atoms with Gasteiger partial charge in [-0.05, 0) is 48.7 Å². The summed E-state index contributed by atoms with van der Waals surface area (Å²) in [6.07, 6.45) is 17.0. The first-order chi connectivity index (χ1) is 12.9. The van der Waals surface area contributed by atoms with Crippen molar-refractivity contribution in [2.24, 2.45) is 0 Å². The molecule has 4 heteroatoms. The Morgan fingerprint density at radius 2 is 1.19 bits per heavy atom. The third-order valence-electron chi connectivity index (χ3n) is 4.09. The van der Waals surface area contributed by atoms with Gasteiger partial charge in [0.15, 0.2) is 0 Å². The van der Waals surface area contributed by atoms with Crippen molar-refractivity contribution in [3.63, 3.8) is 0 Å². The van der Waals surface area contributed by atoms with Crippen LogP contribution < -0.4 is 5.73 Å². The molecule has 0 amide bonds. The Bertz CT molecular complexity index is 665. The first kappa shape index (κ1) is 24.6. The fraction of sp³-hybridized carbons (Fsp3) is 0.391. The molecule has 0 aromatic heterocycles. The molecule has 0 atom stereocenters. The van der Waals surface area contributed by atoms with E-state index in [0.29, 0.717) is 22.4 Å². The van der Waals surface area contributed by atoms with Gasteiger partial charge in [-0.15, -0.1) is 12.8 Å². The van der Waals surface area contributed by atoms with Crippen LogP contribution in [0.3, 0.4) is 0 Å². The molecule has 27 heavy (non-hydrogen) atoms. The zero-order chi connectivity index (χ0) is 20.7. The predicted octanol–water partition coefficient (Wildman–Crippen LogP) is 6.91. The number of halogens is 3. The first-order valence-corrected chi connectivity index (χ1v) is 9.10. The van der Waals surface area contributed by atoms with Crippen LogP contribution in [0.5, 0.6) is 0 Å². The molecule has 2 aromatic rings. The van der Waals surface area contributed by atoms with E-state index >= 15 is 0 Å². The Kier molecular flexibility index (Phi) is 13.4. The number of anilines is 1. The lowest BCUT2D eigenvalue weighted by Gasteiger charge is -2.05. The molecule has 0 spiro atoms. The van der Waals surface area contributed by atoms with Crippen LogP contribution in [0.2, 0.25) is 0 Å². The van der Waals surface area contributed by atoms with E-state index in [0.717, 1.165) is 0 Å². The molecule has 148 valence electrons. The lowest BCUT2D eigenvalue weighted by atomic mass is 10.0. The molecule has 0 radical (unpaired) electrons. The molecule has 3 rings (SSSR count). The summed E-state index contributed by atoms with van der Waals surface area (Å²) in [6.45, 7) is 2.75. The highest BCUT2D eigenvalue weighted by Crippen LogP contribution is 2.15. The minimum absolute atomic E-state index is 0.241. The number of alkyl halides is 1. The summed E-state index contributed by atoms with van der Waals surface area (Å²) < 4.78 is 37.0. The molecular formula is C23H30F3N. The van der Waals surface area contributed by atoms with Gasteiger partial charge in [0, 0.05) is 5.69 Å². The van der Waals surface area contributed by atoms with Gasteiger partial charge in [-0.3, -0.25) is 0 Å². The van der Waals surface area contributed by atoms with Crippen molar-refractivity contribution >= 4 is 5.69 Å². The minimum atomic E-state index is -0.600. The molecule has 0 bridgehead atoms. The van der Waals surface area contributed by atoms with Crippen LogP contribution in [0.4, 0.5) is 18.9 Å². The van der Waals surface area contributed by atoms with Crippen LogP contribution in [-0.4, -0.2) is 0 Å². The lowest BCUT2D eigenvalue weighted by Crippen LogP contribution is -1.87. The number of nitrogens with two attached hydrogens (primary N) is 1. The van der Waals surface area contributed by atoms with Gasteiger partial charge in [-0.2, -0.15) is 0 Å². The zero-order valence-electron chi connectivity index (χ0n) is 16.3. The molecule has 0 aliphatic heterocycles. The second kappa shape index (κ2) is 14.7. The smallest absolute Gasteiger partial charge is 0.128 e. The highest BCUT2D eigenvalue weighted by molar-refractivity contribution is 5.39. The maximum absolute atomic E-state index is 12.6. The SMILES string of the molecule is C#C.C1CCCCC1.Cc1ccc(CF)cc1F.Cc1ccc(N)cc1F. The van der Waals surface area contributed by atoms with E-state index in [9.17, 15) is 13.2 Å². The average molecular weight is 377 g/mol. The van der Waals surface area contributed by atoms with Crippen LogP contribution in [0, 0.1) is 38.3 Å². The van der Waals surface area contributed by atoms with Crippen LogP contribution in [0.15, 0.2) is 36.4 Å². The summed E-state index contributed by atoms with van der Waals surface area (Å²) in [5.41, 5.74) is 7.33. The van der Waals surface area contributed by atoms with Gasteiger partial charge in [0.1, 0.15) is 18.3 Å². The normalized spacial score (nSPS) is 12.3. The Morgan fingerprint density at radius 3 is 1.52 bits per heavy atom. The number of nitrogen functional groups attached to an aromatic ring is 1. The fourth-order valence-corrected chi connectivity index (χ4v) is 2.39. The molecule has 1 aliphatic rings. The monoisotopic (exact) mass is 377 g/mol. The maximum atomic E-state index is 12.6. The maximum Gasteiger partial charge on any atom is 0.128 e. The second-order valence-electron chi connectivity index (χ2n) is 6.35. The van der Waals surface area contributed by atoms with Crippen LogP contribution in [0.25, 0.3) is 0 Å². The van der Waals surface area contributed by atoms with Gasteiger partial charge >= 0.3 is 0 Å². The number of rotatable bonds is 1. The van der Waals surface area contributed by atoms with E-state index in [1.807, 2.05) is 0 Å². The van der Waals surface area contributed by atoms with Crippen molar-refractivity contribution in [3.8, 4) is 12.8 Å². The van der Waals surface area contributed by atoms with Gasteiger partial charge < -0.3 is 5.73 Å². The van der Waals surface area contributed by atoms with Crippen LogP contribution in [0.1, 0.15) is 55.2 Å². The summed E-state index contributed by atoms with van der Waals surface area (Å²) in [6, 6.07) is 9.02. The Morgan fingerprint density at radius 1 is 0.778 bits per heavy atom. The zero-order valence-corrected chi connectivity index (χ0v) is 16.3. The predicted molar refractivity (Wildman–Crippen MR) is 109 cm³/mol. The summed E-state index contributed by atoms with van der Waals surface area (Å²) in [5, 5.41) is 0. The standard InChI is InChI=1S/C8H8F2.C7H8FN.C6H12.C2H2/c1-6-2-3-7(5-9)4-8(6)10;1-5-2-3-6(9)4-7(5)8;1-2-4-6-5-3-1;1-2/h2-4H,5H2,1H3;2-4H,9H2,1H3;1-6H2;1-2H. The molecule has 1 saturated carbocycles. The summed E-state index contributed by atoms with van der Waals surface area (Å²) in [4.78, 5) is 0. The second-order valence-corrected chi connectivity index (χ2v) is 6.35. The highest BCUT2D eigenvalue weighted by atomic mass is 19.1. The molecule has 1 fully saturated rings. The van der Waals surface area contributed by atoms with Crippen molar-refractivity contribution < 1.29 is 13.2 Å². The molecule has 2 aromatic carbocycles. The molecular weight excluding hydrogens is 347 g/mol. The fourth-order valence-electron chi connectivity index (χ4n) is 2.39. The molecule has 2 N–H and O–H groups in total. The number of benzene rings is 2. The minimum Gasteiger partial charge on any atom is -0.399 e. The van der Waals surface area contributed by atoms with Gasteiger partial charge in [0.25, 0.3) is 0 Å². The van der Waals surface area contributed by atoms with Crippen LogP contribution in [-0.2, 0) is 6.67 Å². The molecule has 1 nitrogen and oxygen atoms in total. The molecule has 1 aliphatic carbocycles. The van der Waals surface area contributed by atoms with E-state index in [1.54, 1.807) is 38.1 Å². The number of terminal acetylenes is 1. The Balaban J connectivity index is 0.000000368. The lowest BCUT2D eigenvalue weighted by molar-refractivity contribution is 0.482. The van der Waals surface area contributed by atoms with E-state index in [-0.39, 0.29) is 11.6 Å². The average Bonchev–Trinajstić information content (AvgIpc) is 2.71. The highest BCUT2D eigenvalue weighted by Gasteiger charge is 1.97. The molecule has 0 unspecified atom stereocenters. The first-order valence-electron chi connectivity index (χ1n) is 9.10. The summed E-state index contributed by atoms with van der Waals surface area (Å²) in [5.74, 6) is -0.579. The molecule has 0 heterocycles. The van der Waals surface area contributed by atoms with E-state index < -0.39 is 6.67 Å². The number of hydrogen-bond acceptors (Lipinski definition) is 1. The number of hydrogen-bond donors (Lipinski definition) is 1. The van der Waals surface area contributed by atoms with Crippen molar-refractivity contribution in [3.05, 3.63) is 64.7 Å². The van der Waals surface area contributed by atoms with Crippen molar-refractivity contribution in [1.82, 2.24) is 0 Å². The third kappa shape index (κ3) is 11.0. The summed E-state index contributed by atoms with van der Waals surface area (Å²) >= 11 is 0. The van der Waals surface area contributed by atoms with E-state index in [1.165, 1.54) is 50.7 Å². The van der Waals surface area contributed by atoms with Gasteiger partial charge in [-0.25, -0.2) is 13.2 Å². The van der Waals surface area contributed by atoms with Gasteiger partial charge in [-0.1, -0.05) is 56.7 Å². The topological polar surface area (TPSA) is 26.0 Å². The van der Waals surface area contributed by atoms with Crippen molar-refractivity contribution in [1.29, 1.82) is 0 Å². The van der Waals surface area contributed by atoms with E-state index in [2.05, 4.69) is 12.8 Å². The quantitative estimate of drug-likeness (QED) is 0.424. The van der Waals surface area contributed by atoms with Crippen molar-refractivity contribution in [2.75, 3.05) is 5.73 Å². The molecule has 0 saturated heterocycles.